The monoisotopic (exact) mass is 223 g/mol. The molecule has 1 fully saturated rings. The highest BCUT2D eigenvalue weighted by Crippen LogP contribution is 2.47. The Morgan fingerprint density at radius 1 is 1.38 bits per heavy atom. The van der Waals surface area contributed by atoms with E-state index in [-0.39, 0.29) is 5.41 Å². The highest BCUT2D eigenvalue weighted by Gasteiger charge is 2.45. The Bertz CT molecular complexity index is 385. The molecule has 4 heteroatoms. The first-order chi connectivity index (χ1) is 7.31. The molecule has 1 aliphatic rings. The lowest BCUT2D eigenvalue weighted by molar-refractivity contribution is -0.0696. The molecule has 0 amide bonds. The van der Waals surface area contributed by atoms with Crippen molar-refractivity contribution in [3.8, 4) is 0 Å². The van der Waals surface area contributed by atoms with Crippen LogP contribution in [-0.2, 0) is 5.60 Å². The first-order valence-electron chi connectivity index (χ1n) is 5.93. The van der Waals surface area contributed by atoms with Crippen LogP contribution < -0.4 is 0 Å². The molecule has 0 bridgehead atoms. The molecule has 16 heavy (non-hydrogen) atoms. The number of nitrogens with one attached hydrogen (secondary N) is 1. The molecule has 4 nitrogen and oxygen atoms in total. The largest absolute Gasteiger partial charge is 0.382 e. The molecule has 0 radical (unpaired) electrons. The van der Waals surface area contributed by atoms with Gasteiger partial charge < -0.3 is 5.11 Å². The van der Waals surface area contributed by atoms with Crippen molar-refractivity contribution in [2.45, 2.75) is 52.6 Å². The minimum absolute atomic E-state index is 0.154. The van der Waals surface area contributed by atoms with Crippen LogP contribution in [0.15, 0.2) is 0 Å². The molecule has 0 saturated heterocycles. The molecule has 1 aromatic heterocycles. The molecule has 0 aliphatic heterocycles. The van der Waals surface area contributed by atoms with Crippen molar-refractivity contribution in [3.05, 3.63) is 11.6 Å². The summed E-state index contributed by atoms with van der Waals surface area (Å²) in [4.78, 5) is 4.29. The molecule has 2 N–H and O–H groups in total. The summed E-state index contributed by atoms with van der Waals surface area (Å²) < 4.78 is 0. The van der Waals surface area contributed by atoms with Gasteiger partial charge in [0, 0.05) is 0 Å². The number of nitrogens with zero attached hydrogens (tertiary/aromatic N) is 2. The van der Waals surface area contributed by atoms with Crippen LogP contribution in [0, 0.1) is 18.3 Å². The van der Waals surface area contributed by atoms with Crippen molar-refractivity contribution in [1.82, 2.24) is 15.2 Å². The van der Waals surface area contributed by atoms with E-state index in [1.807, 2.05) is 6.92 Å². The van der Waals surface area contributed by atoms with E-state index in [0.29, 0.717) is 11.7 Å². The van der Waals surface area contributed by atoms with Crippen LogP contribution in [0.5, 0.6) is 0 Å². The second kappa shape index (κ2) is 3.55. The maximum absolute atomic E-state index is 10.7. The van der Waals surface area contributed by atoms with Crippen LogP contribution in [-0.4, -0.2) is 20.3 Å². The molecule has 1 heterocycles. The molecule has 1 aromatic rings. The predicted octanol–water partition coefficient (Wildman–Crippen LogP) is 2.15. The van der Waals surface area contributed by atoms with Gasteiger partial charge in [0.15, 0.2) is 5.82 Å². The summed E-state index contributed by atoms with van der Waals surface area (Å²) in [7, 11) is 0. The molecule has 1 saturated carbocycles. The molecule has 90 valence electrons. The van der Waals surface area contributed by atoms with E-state index in [2.05, 4.69) is 36.0 Å². The summed E-state index contributed by atoms with van der Waals surface area (Å²) in [5.41, 5.74) is -0.702. The average Bonchev–Trinajstić information content (AvgIpc) is 2.47. The van der Waals surface area contributed by atoms with E-state index in [0.717, 1.165) is 25.1 Å². The quantitative estimate of drug-likeness (QED) is 0.766. The normalized spacial score (nSPS) is 33.9. The molecular formula is C12H21N3O. The number of aliphatic hydroxyl groups is 1. The maximum Gasteiger partial charge on any atom is 0.182 e. The SMILES string of the molecule is Cc1nc(C2(O)CC(C)CC(C)(C)C2)n[nH]1. The van der Waals surface area contributed by atoms with Gasteiger partial charge in [-0.05, 0) is 37.5 Å². The lowest BCUT2D eigenvalue weighted by Gasteiger charge is -2.43. The van der Waals surface area contributed by atoms with Crippen molar-refractivity contribution in [3.63, 3.8) is 0 Å². The lowest BCUT2D eigenvalue weighted by atomic mass is 9.65. The predicted molar refractivity (Wildman–Crippen MR) is 61.8 cm³/mol. The smallest absolute Gasteiger partial charge is 0.182 e. The van der Waals surface area contributed by atoms with Gasteiger partial charge in [0.05, 0.1) is 0 Å². The third-order valence-electron chi connectivity index (χ3n) is 3.37. The summed E-state index contributed by atoms with van der Waals surface area (Å²) >= 11 is 0. The Morgan fingerprint density at radius 2 is 2.06 bits per heavy atom. The first-order valence-corrected chi connectivity index (χ1v) is 5.93. The van der Waals surface area contributed by atoms with Gasteiger partial charge >= 0.3 is 0 Å². The van der Waals surface area contributed by atoms with Crippen LogP contribution >= 0.6 is 0 Å². The fourth-order valence-electron chi connectivity index (χ4n) is 3.25. The maximum atomic E-state index is 10.7. The highest BCUT2D eigenvalue weighted by atomic mass is 16.3. The van der Waals surface area contributed by atoms with Gasteiger partial charge in [-0.15, -0.1) is 0 Å². The fourth-order valence-corrected chi connectivity index (χ4v) is 3.25. The van der Waals surface area contributed by atoms with Gasteiger partial charge in [-0.25, -0.2) is 4.98 Å². The number of H-pyrrole nitrogens is 1. The molecular weight excluding hydrogens is 202 g/mol. The van der Waals surface area contributed by atoms with E-state index in [1.54, 1.807) is 0 Å². The fraction of sp³-hybridized carbons (Fsp3) is 0.833. The first kappa shape index (κ1) is 11.6. The van der Waals surface area contributed by atoms with Gasteiger partial charge in [0.2, 0.25) is 0 Å². The van der Waals surface area contributed by atoms with Crippen LogP contribution in [0.25, 0.3) is 0 Å². The highest BCUT2D eigenvalue weighted by molar-refractivity contribution is 5.06. The summed E-state index contributed by atoms with van der Waals surface area (Å²) in [6.07, 6.45) is 2.65. The lowest BCUT2D eigenvalue weighted by Crippen LogP contribution is -2.40. The summed E-state index contributed by atoms with van der Waals surface area (Å²) in [5.74, 6) is 1.83. The van der Waals surface area contributed by atoms with Crippen LogP contribution in [0.2, 0.25) is 0 Å². The molecule has 0 aromatic carbocycles. The van der Waals surface area contributed by atoms with Gasteiger partial charge in [-0.1, -0.05) is 20.8 Å². The zero-order valence-corrected chi connectivity index (χ0v) is 10.5. The topological polar surface area (TPSA) is 61.8 Å². The number of rotatable bonds is 1. The third kappa shape index (κ3) is 2.12. The van der Waals surface area contributed by atoms with Crippen LogP contribution in [0.4, 0.5) is 0 Å². The number of aromatic amines is 1. The number of hydrogen-bond acceptors (Lipinski definition) is 3. The molecule has 0 spiro atoms. The Balaban J connectivity index is 2.30. The van der Waals surface area contributed by atoms with E-state index in [9.17, 15) is 5.11 Å². The molecule has 2 unspecified atom stereocenters. The molecule has 2 atom stereocenters. The minimum Gasteiger partial charge on any atom is -0.382 e. The van der Waals surface area contributed by atoms with E-state index >= 15 is 0 Å². The Kier molecular flexibility index (Phi) is 2.57. The van der Waals surface area contributed by atoms with Crippen LogP contribution in [0.1, 0.15) is 51.7 Å². The summed E-state index contributed by atoms with van der Waals surface area (Å²) in [6.45, 7) is 8.45. The second-order valence-electron chi connectivity index (χ2n) is 6.13. The van der Waals surface area contributed by atoms with Crippen molar-refractivity contribution in [2.75, 3.05) is 0 Å². The van der Waals surface area contributed by atoms with Gasteiger partial charge in [0.1, 0.15) is 11.4 Å². The Hall–Kier alpha value is -0.900. The zero-order chi connectivity index (χ0) is 12.0. The minimum atomic E-state index is -0.855. The number of hydrogen-bond donors (Lipinski definition) is 2. The van der Waals surface area contributed by atoms with E-state index in [1.165, 1.54) is 0 Å². The van der Waals surface area contributed by atoms with Crippen molar-refractivity contribution in [2.24, 2.45) is 11.3 Å². The molecule has 1 aliphatic carbocycles. The number of aryl methyl sites for hydroxylation is 1. The molecule has 2 rings (SSSR count). The van der Waals surface area contributed by atoms with Crippen molar-refractivity contribution >= 4 is 0 Å². The second-order valence-corrected chi connectivity index (χ2v) is 6.13. The van der Waals surface area contributed by atoms with Crippen molar-refractivity contribution in [1.29, 1.82) is 0 Å². The Morgan fingerprint density at radius 3 is 2.56 bits per heavy atom. The van der Waals surface area contributed by atoms with Gasteiger partial charge in [0.25, 0.3) is 0 Å². The third-order valence-corrected chi connectivity index (χ3v) is 3.37. The number of aromatic nitrogens is 3. The zero-order valence-electron chi connectivity index (χ0n) is 10.5. The summed E-state index contributed by atoms with van der Waals surface area (Å²) in [5, 5.41) is 17.7. The van der Waals surface area contributed by atoms with E-state index in [4.69, 9.17) is 0 Å². The standard InChI is InChI=1S/C12H21N3O/c1-8-5-11(3,4)7-12(16,6-8)10-13-9(2)14-15-10/h8,16H,5-7H2,1-4H3,(H,13,14,15). The Labute approximate surface area is 96.5 Å². The van der Waals surface area contributed by atoms with Crippen molar-refractivity contribution < 1.29 is 5.11 Å². The van der Waals surface area contributed by atoms with Gasteiger partial charge in [-0.3, -0.25) is 5.10 Å². The summed E-state index contributed by atoms with van der Waals surface area (Å²) in [6, 6.07) is 0. The average molecular weight is 223 g/mol. The van der Waals surface area contributed by atoms with Gasteiger partial charge in [-0.2, -0.15) is 5.10 Å². The van der Waals surface area contributed by atoms with Crippen LogP contribution in [0.3, 0.4) is 0 Å². The van der Waals surface area contributed by atoms with E-state index < -0.39 is 5.60 Å².